The molecule has 0 aliphatic rings. The van der Waals surface area contributed by atoms with Crippen LogP contribution < -0.4 is 10.6 Å². The summed E-state index contributed by atoms with van der Waals surface area (Å²) in [6.45, 7) is 5.39. The molecular weight excluding hydrogens is 620 g/mol. The largest absolute Gasteiger partial charge is 0.466 e. The van der Waals surface area contributed by atoms with Crippen molar-refractivity contribution in [2.45, 2.75) is 96.8 Å². The maximum absolute atomic E-state index is 11.9. The number of rotatable bonds is 29. The summed E-state index contributed by atoms with van der Waals surface area (Å²) in [5.74, 6) is -3.68. The van der Waals surface area contributed by atoms with E-state index in [4.69, 9.17) is 23.7 Å². The molecule has 0 aromatic rings. The molecular formula is C32H50N2O13. The lowest BCUT2D eigenvalue weighted by Crippen LogP contribution is -2.36. The Morgan fingerprint density at radius 3 is 1.30 bits per heavy atom. The average molecular weight is 671 g/mol. The van der Waals surface area contributed by atoms with Crippen LogP contribution in [0.5, 0.6) is 0 Å². The first-order valence-electron chi connectivity index (χ1n) is 16.0. The minimum atomic E-state index is -0.697. The molecule has 15 nitrogen and oxygen atoms in total. The molecule has 0 bridgehead atoms. The third kappa shape index (κ3) is 30.1. The van der Waals surface area contributed by atoms with Crippen LogP contribution in [0.25, 0.3) is 0 Å². The summed E-state index contributed by atoms with van der Waals surface area (Å²) in [6.07, 6.45) is 6.67. The van der Waals surface area contributed by atoms with Crippen molar-refractivity contribution in [1.29, 1.82) is 0 Å². The predicted octanol–water partition coefficient (Wildman–Crippen LogP) is 2.17. The van der Waals surface area contributed by atoms with E-state index in [1.54, 1.807) is 0 Å². The molecule has 0 heterocycles. The van der Waals surface area contributed by atoms with Gasteiger partial charge in [0.2, 0.25) is 11.8 Å². The number of ether oxygens (including phenoxy) is 5. The highest BCUT2D eigenvalue weighted by Crippen LogP contribution is 2.06. The van der Waals surface area contributed by atoms with E-state index in [9.17, 15) is 38.4 Å². The first kappa shape index (κ1) is 42.7. The maximum atomic E-state index is 11.9. The van der Waals surface area contributed by atoms with Gasteiger partial charge in [0.05, 0.1) is 19.8 Å². The van der Waals surface area contributed by atoms with Crippen molar-refractivity contribution < 1.29 is 62.0 Å². The predicted molar refractivity (Wildman–Crippen MR) is 166 cm³/mol. The second-order valence-corrected chi connectivity index (χ2v) is 10.4. The second kappa shape index (κ2) is 29.1. The molecule has 0 saturated heterocycles. The third-order valence-corrected chi connectivity index (χ3v) is 6.15. The fraction of sp³-hybridized carbons (Fsp3) is 0.688. The molecule has 0 aromatic carbocycles. The Morgan fingerprint density at radius 2 is 0.872 bits per heavy atom. The lowest BCUT2D eigenvalue weighted by Gasteiger charge is -2.08. The highest BCUT2D eigenvalue weighted by atomic mass is 16.6. The Hall–Kier alpha value is -4.30. The summed E-state index contributed by atoms with van der Waals surface area (Å²) in [4.78, 5) is 92.2. The number of amides is 2. The normalized spacial score (nSPS) is 10.2. The van der Waals surface area contributed by atoms with Crippen molar-refractivity contribution in [1.82, 2.24) is 10.6 Å². The summed E-state index contributed by atoms with van der Waals surface area (Å²) in [6, 6.07) is 0. The van der Waals surface area contributed by atoms with E-state index in [0.717, 1.165) is 18.9 Å². The van der Waals surface area contributed by atoms with Gasteiger partial charge in [-0.3, -0.25) is 28.8 Å². The van der Waals surface area contributed by atoms with Gasteiger partial charge in [-0.1, -0.05) is 6.58 Å². The van der Waals surface area contributed by atoms with Crippen molar-refractivity contribution in [3.8, 4) is 0 Å². The molecule has 15 heteroatoms. The topological polar surface area (TPSA) is 207 Å². The van der Waals surface area contributed by atoms with Gasteiger partial charge in [-0.25, -0.2) is 4.79 Å². The van der Waals surface area contributed by atoms with Crippen LogP contribution in [-0.2, 0) is 62.0 Å². The number of esters is 5. The molecule has 0 aliphatic carbocycles. The van der Waals surface area contributed by atoms with Crippen molar-refractivity contribution in [3.63, 3.8) is 0 Å². The number of hydrogen-bond acceptors (Lipinski definition) is 13. The summed E-state index contributed by atoms with van der Waals surface area (Å²) in [5.41, 5.74) is 0. The quantitative estimate of drug-likeness (QED) is 0.0385. The maximum Gasteiger partial charge on any atom is 0.330 e. The van der Waals surface area contributed by atoms with Crippen molar-refractivity contribution in [2.75, 3.05) is 46.1 Å². The number of carbonyl (C=O) groups excluding carboxylic acids is 8. The zero-order valence-corrected chi connectivity index (χ0v) is 27.4. The highest BCUT2D eigenvalue weighted by Gasteiger charge is 2.13. The van der Waals surface area contributed by atoms with Crippen LogP contribution in [-0.4, -0.2) is 93.6 Å². The van der Waals surface area contributed by atoms with Crippen LogP contribution >= 0.6 is 0 Å². The number of carbonyl (C=O) groups is 8. The molecule has 0 fully saturated rings. The Morgan fingerprint density at radius 1 is 0.489 bits per heavy atom. The molecule has 0 aromatic heterocycles. The Bertz CT molecular complexity index is 1010. The molecule has 0 radical (unpaired) electrons. The van der Waals surface area contributed by atoms with Gasteiger partial charge in [-0.15, -0.1) is 0 Å². The van der Waals surface area contributed by atoms with Crippen LogP contribution in [0.3, 0.4) is 0 Å². The van der Waals surface area contributed by atoms with E-state index >= 15 is 0 Å². The van der Waals surface area contributed by atoms with E-state index in [2.05, 4.69) is 17.2 Å². The first-order valence-corrected chi connectivity index (χ1v) is 16.0. The van der Waals surface area contributed by atoms with Gasteiger partial charge in [0.1, 0.15) is 31.8 Å². The van der Waals surface area contributed by atoms with Gasteiger partial charge in [0, 0.05) is 38.4 Å². The van der Waals surface area contributed by atoms with Gasteiger partial charge < -0.3 is 39.1 Å². The molecule has 2 amide bonds. The summed E-state index contributed by atoms with van der Waals surface area (Å²) >= 11 is 0. The first-order chi connectivity index (χ1) is 22.5. The fourth-order valence-electron chi connectivity index (χ4n) is 3.70. The zero-order valence-electron chi connectivity index (χ0n) is 27.4. The van der Waals surface area contributed by atoms with Gasteiger partial charge >= 0.3 is 29.8 Å². The standard InChI is InChI=1S/C32H50N2O13/c1-3-28(38)46-21-22-47-30(40)15-9-5-11-18-43-29(39)14-8-6-12-20-45-32(42)24-27(37)34-17-16-33-26(36)23-31(41)44-19-10-4-7-13-25(2)35/h3H,1,4-24H2,2H3,(H,33,36)(H,34,37). The lowest BCUT2D eigenvalue weighted by atomic mass is 10.1. The molecule has 0 aliphatic heterocycles. The van der Waals surface area contributed by atoms with Gasteiger partial charge in [0.25, 0.3) is 0 Å². The lowest BCUT2D eigenvalue weighted by molar-refractivity contribution is -0.149. The molecule has 0 rings (SSSR count). The van der Waals surface area contributed by atoms with Gasteiger partial charge in [-0.2, -0.15) is 0 Å². The Kier molecular flexibility index (Phi) is 26.5. The molecule has 0 atom stereocenters. The molecule has 0 unspecified atom stereocenters. The number of nitrogens with one attached hydrogen (secondary N) is 2. The molecule has 47 heavy (non-hydrogen) atoms. The summed E-state index contributed by atoms with van der Waals surface area (Å²) < 4.78 is 24.8. The number of unbranched alkanes of at least 4 members (excludes halogenated alkanes) is 6. The average Bonchev–Trinajstić information content (AvgIpc) is 3.02. The van der Waals surface area contributed by atoms with E-state index in [0.29, 0.717) is 51.4 Å². The van der Waals surface area contributed by atoms with Crippen LogP contribution in [0.4, 0.5) is 0 Å². The molecule has 0 spiro atoms. The minimum absolute atomic E-state index is 0.0173. The van der Waals surface area contributed by atoms with E-state index in [-0.39, 0.29) is 70.7 Å². The molecule has 0 saturated carbocycles. The second-order valence-electron chi connectivity index (χ2n) is 10.4. The zero-order chi connectivity index (χ0) is 35.1. The van der Waals surface area contributed by atoms with Crippen LogP contribution in [0.2, 0.25) is 0 Å². The monoisotopic (exact) mass is 670 g/mol. The fourth-order valence-corrected chi connectivity index (χ4v) is 3.70. The van der Waals surface area contributed by atoms with E-state index in [1.165, 1.54) is 6.92 Å². The Balaban J connectivity index is 3.63. The number of ketones is 1. The van der Waals surface area contributed by atoms with Crippen LogP contribution in [0.1, 0.15) is 96.8 Å². The van der Waals surface area contributed by atoms with E-state index < -0.39 is 48.5 Å². The number of hydrogen-bond donors (Lipinski definition) is 2. The minimum Gasteiger partial charge on any atom is -0.466 e. The molecule has 2 N–H and O–H groups in total. The number of Topliss-reactive ketones (excluding diaryl/α,β-unsaturated/α-hetero) is 1. The smallest absolute Gasteiger partial charge is 0.330 e. The Labute approximate surface area is 275 Å². The van der Waals surface area contributed by atoms with Crippen LogP contribution in [0.15, 0.2) is 12.7 Å². The van der Waals surface area contributed by atoms with Crippen LogP contribution in [0, 0.1) is 0 Å². The molecule has 266 valence electrons. The summed E-state index contributed by atoms with van der Waals surface area (Å²) in [7, 11) is 0. The van der Waals surface area contributed by atoms with Gasteiger partial charge in [0.15, 0.2) is 0 Å². The van der Waals surface area contributed by atoms with Crippen molar-refractivity contribution in [3.05, 3.63) is 12.7 Å². The summed E-state index contributed by atoms with van der Waals surface area (Å²) in [5, 5.41) is 4.94. The van der Waals surface area contributed by atoms with Gasteiger partial charge in [-0.05, 0) is 64.7 Å². The highest BCUT2D eigenvalue weighted by molar-refractivity contribution is 5.95. The SMILES string of the molecule is C=CC(=O)OCCOC(=O)CCCCCOC(=O)CCCCCOC(=O)CC(=O)NCCNC(=O)CC(=O)OCCCCCC(C)=O. The van der Waals surface area contributed by atoms with E-state index in [1.807, 2.05) is 0 Å². The van der Waals surface area contributed by atoms with Crippen molar-refractivity contribution in [2.24, 2.45) is 0 Å². The van der Waals surface area contributed by atoms with Crippen molar-refractivity contribution >= 4 is 47.4 Å². The third-order valence-electron chi connectivity index (χ3n) is 6.15.